The SMILES string of the molecule is COc1ccc(-n2nc(-c3n[nH]c(C4CCCO4)n3)c3c2C(=O)N(c2ccc(N4CCCCC4=O)cc2)CC3)cc1. The van der Waals surface area contributed by atoms with Gasteiger partial charge in [-0.1, -0.05) is 0 Å². The molecule has 4 aromatic rings. The summed E-state index contributed by atoms with van der Waals surface area (Å²) in [6.45, 7) is 1.92. The van der Waals surface area contributed by atoms with Gasteiger partial charge in [0, 0.05) is 43.1 Å². The van der Waals surface area contributed by atoms with Crippen LogP contribution in [-0.2, 0) is 16.0 Å². The average Bonchev–Trinajstić information content (AvgIpc) is 3.78. The summed E-state index contributed by atoms with van der Waals surface area (Å²) in [4.78, 5) is 34.9. The van der Waals surface area contributed by atoms with Crippen LogP contribution in [0.2, 0.25) is 0 Å². The predicted octanol–water partition coefficient (Wildman–Crippen LogP) is 4.24. The van der Waals surface area contributed by atoms with Gasteiger partial charge < -0.3 is 19.3 Å². The maximum Gasteiger partial charge on any atom is 0.277 e. The van der Waals surface area contributed by atoms with Crippen molar-refractivity contribution < 1.29 is 19.1 Å². The number of hydrogen-bond acceptors (Lipinski definition) is 7. The van der Waals surface area contributed by atoms with Crippen LogP contribution < -0.4 is 14.5 Å². The number of ether oxygens (including phenoxy) is 2. The lowest BCUT2D eigenvalue weighted by molar-refractivity contribution is -0.119. The van der Waals surface area contributed by atoms with E-state index in [0.717, 1.165) is 54.9 Å². The van der Waals surface area contributed by atoms with Crippen LogP contribution in [0.15, 0.2) is 48.5 Å². The molecule has 11 heteroatoms. The van der Waals surface area contributed by atoms with Crippen molar-refractivity contribution in [3.8, 4) is 23.0 Å². The Bertz CT molecular complexity index is 1590. The van der Waals surface area contributed by atoms with Crippen LogP contribution in [0, 0.1) is 0 Å². The van der Waals surface area contributed by atoms with Crippen LogP contribution in [0.3, 0.4) is 0 Å². The van der Waals surface area contributed by atoms with Crippen molar-refractivity contribution in [3.05, 3.63) is 65.6 Å². The number of hydrogen-bond donors (Lipinski definition) is 1. The molecule has 0 aliphatic carbocycles. The highest BCUT2D eigenvalue weighted by Gasteiger charge is 2.35. The molecule has 11 nitrogen and oxygen atoms in total. The minimum atomic E-state index is -0.155. The first kappa shape index (κ1) is 25.5. The molecular formula is C30H31N7O4. The summed E-state index contributed by atoms with van der Waals surface area (Å²) in [7, 11) is 1.62. The maximum atomic E-state index is 14.1. The van der Waals surface area contributed by atoms with Gasteiger partial charge in [0.05, 0.1) is 12.8 Å². The van der Waals surface area contributed by atoms with E-state index < -0.39 is 0 Å². The molecule has 2 aromatic heterocycles. The number of nitrogens with one attached hydrogen (secondary N) is 1. The molecule has 2 aromatic carbocycles. The number of H-pyrrole nitrogens is 1. The molecule has 1 N–H and O–H groups in total. The van der Waals surface area contributed by atoms with Gasteiger partial charge in [0.15, 0.2) is 5.82 Å². The highest BCUT2D eigenvalue weighted by atomic mass is 16.5. The van der Waals surface area contributed by atoms with Gasteiger partial charge >= 0.3 is 0 Å². The second kappa shape index (κ2) is 10.5. The summed E-state index contributed by atoms with van der Waals surface area (Å²) in [5.41, 5.74) is 4.25. The molecule has 210 valence electrons. The second-order valence-corrected chi connectivity index (χ2v) is 10.6. The Morgan fingerprint density at radius 3 is 2.37 bits per heavy atom. The Hall–Kier alpha value is -4.51. The van der Waals surface area contributed by atoms with Gasteiger partial charge in [-0.3, -0.25) is 14.7 Å². The van der Waals surface area contributed by atoms with Crippen molar-refractivity contribution in [2.75, 3.05) is 36.6 Å². The number of amides is 2. The Balaban J connectivity index is 1.25. The Kier molecular flexibility index (Phi) is 6.50. The van der Waals surface area contributed by atoms with E-state index in [1.807, 2.05) is 53.4 Å². The number of aromatic amines is 1. The quantitative estimate of drug-likeness (QED) is 0.379. The zero-order valence-corrected chi connectivity index (χ0v) is 22.9. The van der Waals surface area contributed by atoms with Crippen molar-refractivity contribution in [2.24, 2.45) is 0 Å². The van der Waals surface area contributed by atoms with Gasteiger partial charge in [-0.15, -0.1) is 0 Å². The number of anilines is 2. The molecule has 5 heterocycles. The number of aromatic nitrogens is 5. The monoisotopic (exact) mass is 553 g/mol. The van der Waals surface area contributed by atoms with Gasteiger partial charge in [-0.25, -0.2) is 9.67 Å². The molecule has 1 unspecified atom stereocenters. The summed E-state index contributed by atoms with van der Waals surface area (Å²) < 4.78 is 12.8. The van der Waals surface area contributed by atoms with E-state index in [1.54, 1.807) is 16.7 Å². The number of carbonyl (C=O) groups is 2. The summed E-state index contributed by atoms with van der Waals surface area (Å²) in [5, 5.41) is 12.4. The van der Waals surface area contributed by atoms with Crippen LogP contribution >= 0.6 is 0 Å². The van der Waals surface area contributed by atoms with E-state index >= 15 is 0 Å². The molecule has 1 atom stereocenters. The van der Waals surface area contributed by atoms with Gasteiger partial charge in [0.2, 0.25) is 11.7 Å². The maximum absolute atomic E-state index is 14.1. The normalized spacial score (nSPS) is 19.1. The fraction of sp³-hybridized carbons (Fsp3) is 0.367. The van der Waals surface area contributed by atoms with Gasteiger partial charge in [0.1, 0.15) is 23.2 Å². The molecule has 2 fully saturated rings. The first-order valence-corrected chi connectivity index (χ1v) is 14.1. The average molecular weight is 554 g/mol. The van der Waals surface area contributed by atoms with Crippen molar-refractivity contribution in [1.82, 2.24) is 25.0 Å². The molecule has 0 radical (unpaired) electrons. The molecule has 3 aliphatic rings. The zero-order chi connectivity index (χ0) is 27.9. The number of fused-ring (bicyclic) bond motifs is 1. The van der Waals surface area contributed by atoms with Crippen LogP contribution in [0.1, 0.15) is 60.1 Å². The molecule has 0 bridgehead atoms. The van der Waals surface area contributed by atoms with Gasteiger partial charge in [-0.05, 0) is 80.6 Å². The first-order chi connectivity index (χ1) is 20.1. The summed E-state index contributed by atoms with van der Waals surface area (Å²) >= 11 is 0. The molecular weight excluding hydrogens is 522 g/mol. The lowest BCUT2D eigenvalue weighted by atomic mass is 10.0. The van der Waals surface area contributed by atoms with E-state index in [-0.39, 0.29) is 17.9 Å². The molecule has 41 heavy (non-hydrogen) atoms. The van der Waals surface area contributed by atoms with Crippen LogP contribution in [-0.4, -0.2) is 63.6 Å². The van der Waals surface area contributed by atoms with E-state index in [4.69, 9.17) is 19.6 Å². The predicted molar refractivity (Wildman–Crippen MR) is 151 cm³/mol. The van der Waals surface area contributed by atoms with Crippen LogP contribution in [0.25, 0.3) is 17.2 Å². The third-order valence-corrected chi connectivity index (χ3v) is 8.08. The standard InChI is InChI=1S/C30H31N7O4/c1-40-22-13-11-21(12-14-22)37-27-23(26(34-37)29-31-28(32-33-29)24-5-4-18-41-24)15-17-36(30(27)39)20-9-7-19(8-10-20)35-16-3-2-6-25(35)38/h7-14,24H,2-6,15-18H2,1H3,(H,31,32,33). The van der Waals surface area contributed by atoms with Crippen molar-refractivity contribution in [3.63, 3.8) is 0 Å². The Morgan fingerprint density at radius 1 is 0.902 bits per heavy atom. The van der Waals surface area contributed by atoms with Crippen molar-refractivity contribution in [1.29, 1.82) is 0 Å². The molecule has 2 saturated heterocycles. The smallest absolute Gasteiger partial charge is 0.277 e. The fourth-order valence-corrected chi connectivity index (χ4v) is 5.91. The molecule has 2 amide bonds. The highest BCUT2D eigenvalue weighted by molar-refractivity contribution is 6.08. The van der Waals surface area contributed by atoms with E-state index in [0.29, 0.717) is 54.8 Å². The third-order valence-electron chi connectivity index (χ3n) is 8.08. The lowest BCUT2D eigenvalue weighted by Crippen LogP contribution is -2.39. The zero-order valence-electron chi connectivity index (χ0n) is 22.9. The highest BCUT2D eigenvalue weighted by Crippen LogP contribution is 2.35. The largest absolute Gasteiger partial charge is 0.497 e. The fourth-order valence-electron chi connectivity index (χ4n) is 5.91. The van der Waals surface area contributed by atoms with E-state index in [9.17, 15) is 9.59 Å². The number of nitrogens with zero attached hydrogens (tertiary/aromatic N) is 6. The number of rotatable bonds is 6. The minimum absolute atomic E-state index is 0.101. The number of carbonyl (C=O) groups excluding carboxylic acids is 2. The van der Waals surface area contributed by atoms with Crippen LogP contribution in [0.5, 0.6) is 5.75 Å². The number of piperidine rings is 1. The van der Waals surface area contributed by atoms with E-state index in [1.165, 1.54) is 0 Å². The number of benzene rings is 2. The third kappa shape index (κ3) is 4.55. The van der Waals surface area contributed by atoms with Gasteiger partial charge in [0.25, 0.3) is 5.91 Å². The van der Waals surface area contributed by atoms with Gasteiger partial charge in [-0.2, -0.15) is 10.2 Å². The van der Waals surface area contributed by atoms with Crippen LogP contribution in [0.4, 0.5) is 11.4 Å². The van der Waals surface area contributed by atoms with E-state index in [2.05, 4.69) is 10.2 Å². The molecule has 3 aliphatic heterocycles. The van der Waals surface area contributed by atoms with Crippen molar-refractivity contribution >= 4 is 23.2 Å². The van der Waals surface area contributed by atoms with Crippen molar-refractivity contribution in [2.45, 2.75) is 44.6 Å². The summed E-state index contributed by atoms with van der Waals surface area (Å²) in [6, 6.07) is 15.1. The number of methoxy groups -OCH3 is 1. The minimum Gasteiger partial charge on any atom is -0.497 e. The Labute approximate surface area is 237 Å². The summed E-state index contributed by atoms with van der Waals surface area (Å²) in [6.07, 6.45) is 4.88. The second-order valence-electron chi connectivity index (χ2n) is 10.6. The Morgan fingerprint density at radius 2 is 1.66 bits per heavy atom. The molecule has 7 rings (SSSR count). The topological polar surface area (TPSA) is 118 Å². The molecule has 0 spiro atoms. The lowest BCUT2D eigenvalue weighted by Gasteiger charge is -2.29. The summed E-state index contributed by atoms with van der Waals surface area (Å²) in [5.74, 6) is 1.84. The first-order valence-electron chi connectivity index (χ1n) is 14.1. The molecule has 0 saturated carbocycles.